The molecule has 2 nitrogen and oxygen atoms in total. The summed E-state index contributed by atoms with van der Waals surface area (Å²) in [7, 11) is -1.10. The van der Waals surface area contributed by atoms with E-state index in [0.717, 1.165) is 33.3 Å². The summed E-state index contributed by atoms with van der Waals surface area (Å²) < 4.78 is 42.3. The maximum absolute atomic E-state index is 13.5. The molecule has 5 aromatic rings. The topological polar surface area (TPSA) is 17.8 Å². The highest BCUT2D eigenvalue weighted by Crippen LogP contribution is 2.36. The largest absolute Gasteiger partial charge is 0.416 e. The number of nitrogens with zero attached hydrogens (tertiary/aromatic N) is 2. The maximum Gasteiger partial charge on any atom is 0.416 e. The van der Waals surface area contributed by atoms with Crippen LogP contribution >= 0.6 is 7.92 Å². The predicted octanol–water partition coefficient (Wildman–Crippen LogP) is 5.80. The van der Waals surface area contributed by atoms with Gasteiger partial charge in [0.1, 0.15) is 5.57 Å². The van der Waals surface area contributed by atoms with Crippen molar-refractivity contribution in [2.75, 3.05) is 0 Å². The minimum atomic E-state index is -4.42. The monoisotopic (exact) mass is 446 g/mol. The van der Waals surface area contributed by atoms with Crippen LogP contribution in [-0.4, -0.2) is 9.55 Å². The minimum absolute atomic E-state index is 0.447. The lowest BCUT2D eigenvalue weighted by atomic mass is 10.2. The Morgan fingerprint density at radius 1 is 0.656 bits per heavy atom. The van der Waals surface area contributed by atoms with E-state index in [-0.39, 0.29) is 0 Å². The molecule has 0 bridgehead atoms. The van der Waals surface area contributed by atoms with Gasteiger partial charge in [0.05, 0.1) is 16.6 Å². The van der Waals surface area contributed by atoms with Crippen LogP contribution in [-0.2, 0) is 6.18 Å². The fourth-order valence-corrected chi connectivity index (χ4v) is 6.10. The van der Waals surface area contributed by atoms with Gasteiger partial charge in [-0.25, -0.2) is 4.98 Å². The summed E-state index contributed by atoms with van der Waals surface area (Å²) in [6.45, 7) is 0. The maximum atomic E-state index is 13.5. The van der Waals surface area contributed by atoms with Gasteiger partial charge >= 0.3 is 6.18 Å². The molecule has 6 heteroatoms. The van der Waals surface area contributed by atoms with Crippen molar-refractivity contribution in [3.05, 3.63) is 115 Å². The van der Waals surface area contributed by atoms with E-state index in [0.29, 0.717) is 5.69 Å². The van der Waals surface area contributed by atoms with Crippen molar-refractivity contribution in [2.24, 2.45) is 0 Å². The molecule has 158 valence electrons. The number of rotatable bonds is 4. The van der Waals surface area contributed by atoms with Crippen LogP contribution in [0.15, 0.2) is 109 Å². The van der Waals surface area contributed by atoms with Gasteiger partial charge in [0, 0.05) is 13.6 Å². The Morgan fingerprint density at radius 2 is 1.25 bits per heavy atom. The molecule has 0 spiro atoms. The SMILES string of the molecule is FC(F)(F)c1cccc(-n2c(P(c3ccccc3)c3ccccc3)nc3ccccc32)c1. The number of halogens is 3. The van der Waals surface area contributed by atoms with Gasteiger partial charge in [-0.3, -0.25) is 4.57 Å². The van der Waals surface area contributed by atoms with Gasteiger partial charge in [-0.1, -0.05) is 78.9 Å². The molecule has 0 saturated heterocycles. The lowest BCUT2D eigenvalue weighted by Gasteiger charge is -2.20. The van der Waals surface area contributed by atoms with Crippen molar-refractivity contribution >= 4 is 35.1 Å². The predicted molar refractivity (Wildman–Crippen MR) is 125 cm³/mol. The first-order valence-electron chi connectivity index (χ1n) is 10.1. The summed E-state index contributed by atoms with van der Waals surface area (Å²) in [5.74, 6) is 0. The number of imidazole rings is 1. The van der Waals surface area contributed by atoms with Crippen LogP contribution in [0.4, 0.5) is 13.2 Å². The zero-order chi connectivity index (χ0) is 22.1. The molecule has 0 radical (unpaired) electrons. The Labute approximate surface area is 184 Å². The number of hydrogen-bond acceptors (Lipinski definition) is 1. The van der Waals surface area contributed by atoms with Crippen molar-refractivity contribution in [1.82, 2.24) is 9.55 Å². The summed E-state index contributed by atoms with van der Waals surface area (Å²) >= 11 is 0. The van der Waals surface area contributed by atoms with E-state index in [1.54, 1.807) is 6.07 Å². The third kappa shape index (κ3) is 3.80. The highest BCUT2D eigenvalue weighted by atomic mass is 31.1. The van der Waals surface area contributed by atoms with Gasteiger partial charge < -0.3 is 0 Å². The lowest BCUT2D eigenvalue weighted by Crippen LogP contribution is -2.27. The number of para-hydroxylation sites is 2. The van der Waals surface area contributed by atoms with Crippen LogP contribution < -0.4 is 16.2 Å². The Balaban J connectivity index is 1.81. The zero-order valence-electron chi connectivity index (χ0n) is 16.9. The molecule has 0 saturated carbocycles. The molecular weight excluding hydrogens is 428 g/mol. The molecule has 0 unspecified atom stereocenters. The Hall–Kier alpha value is -3.43. The van der Waals surface area contributed by atoms with Crippen molar-refractivity contribution in [1.29, 1.82) is 0 Å². The molecule has 1 aromatic heterocycles. The van der Waals surface area contributed by atoms with Crippen LogP contribution in [0.2, 0.25) is 0 Å². The number of alkyl halides is 3. The fraction of sp³-hybridized carbons (Fsp3) is 0.0385. The van der Waals surface area contributed by atoms with Gasteiger partial charge in [0.2, 0.25) is 0 Å². The van der Waals surface area contributed by atoms with E-state index < -0.39 is 19.7 Å². The summed E-state index contributed by atoms with van der Waals surface area (Å²) in [5, 5.41) is 2.16. The average molecular weight is 446 g/mol. The molecule has 0 aliphatic heterocycles. The van der Waals surface area contributed by atoms with Crippen LogP contribution in [0.1, 0.15) is 5.56 Å². The van der Waals surface area contributed by atoms with Gasteiger partial charge in [0.15, 0.2) is 0 Å². The van der Waals surface area contributed by atoms with Crippen LogP contribution in [0.25, 0.3) is 16.7 Å². The molecule has 32 heavy (non-hydrogen) atoms. The fourth-order valence-electron chi connectivity index (χ4n) is 3.77. The van der Waals surface area contributed by atoms with E-state index >= 15 is 0 Å². The normalized spacial score (nSPS) is 11.9. The molecule has 0 amide bonds. The molecule has 0 aliphatic carbocycles. The second-order valence-electron chi connectivity index (χ2n) is 7.29. The summed E-state index contributed by atoms with van der Waals surface area (Å²) in [4.78, 5) is 4.94. The Kier molecular flexibility index (Phi) is 5.28. The first kappa shape index (κ1) is 20.5. The Morgan fingerprint density at radius 3 is 1.88 bits per heavy atom. The second-order valence-corrected chi connectivity index (χ2v) is 9.39. The summed E-state index contributed by atoms with van der Waals surface area (Å²) in [6, 6.07) is 33.0. The molecule has 1 heterocycles. The van der Waals surface area contributed by atoms with E-state index in [9.17, 15) is 13.2 Å². The molecule has 4 aromatic carbocycles. The van der Waals surface area contributed by atoms with Gasteiger partial charge in [-0.2, -0.15) is 13.2 Å². The molecule has 0 aliphatic rings. The van der Waals surface area contributed by atoms with Gasteiger partial charge in [-0.15, -0.1) is 0 Å². The standard InChI is InChI=1S/C26H18F3N2P/c27-26(28,29)19-10-9-11-20(18-19)31-24-17-8-7-16-23(24)30-25(31)32(21-12-3-1-4-13-21)22-14-5-2-6-15-22/h1-18H. The highest BCUT2D eigenvalue weighted by Gasteiger charge is 2.31. The first-order valence-corrected chi connectivity index (χ1v) is 11.4. The average Bonchev–Trinajstić information content (AvgIpc) is 3.19. The molecule has 0 atom stereocenters. The number of fused-ring (bicyclic) bond motifs is 1. The number of hydrogen-bond donors (Lipinski definition) is 0. The second kappa shape index (κ2) is 8.25. The van der Waals surface area contributed by atoms with Crippen molar-refractivity contribution in [2.45, 2.75) is 6.18 Å². The van der Waals surface area contributed by atoms with Crippen molar-refractivity contribution in [3.63, 3.8) is 0 Å². The molecule has 0 N–H and O–H groups in total. The smallest absolute Gasteiger partial charge is 0.292 e. The molecule has 0 fully saturated rings. The first-order chi connectivity index (χ1) is 15.5. The minimum Gasteiger partial charge on any atom is -0.292 e. The van der Waals surface area contributed by atoms with Crippen LogP contribution in [0.3, 0.4) is 0 Å². The van der Waals surface area contributed by atoms with Crippen LogP contribution in [0, 0.1) is 0 Å². The summed E-state index contributed by atoms with van der Waals surface area (Å²) in [5.41, 5.74) is 2.03. The van der Waals surface area contributed by atoms with Crippen molar-refractivity contribution < 1.29 is 13.2 Å². The molecule has 5 rings (SSSR count). The number of benzene rings is 4. The lowest BCUT2D eigenvalue weighted by molar-refractivity contribution is -0.137. The quantitative estimate of drug-likeness (QED) is 0.319. The Bertz CT molecular complexity index is 1320. The van der Waals surface area contributed by atoms with E-state index in [2.05, 4.69) is 24.3 Å². The van der Waals surface area contributed by atoms with E-state index in [1.165, 1.54) is 12.1 Å². The summed E-state index contributed by atoms with van der Waals surface area (Å²) in [6.07, 6.45) is -4.42. The van der Waals surface area contributed by atoms with E-state index in [4.69, 9.17) is 4.98 Å². The molecular formula is C26H18F3N2P. The number of aromatic nitrogens is 2. The zero-order valence-corrected chi connectivity index (χ0v) is 17.8. The van der Waals surface area contributed by atoms with E-state index in [1.807, 2.05) is 65.2 Å². The highest BCUT2D eigenvalue weighted by molar-refractivity contribution is 7.79. The third-order valence-electron chi connectivity index (χ3n) is 5.20. The van der Waals surface area contributed by atoms with Crippen LogP contribution in [0.5, 0.6) is 0 Å². The van der Waals surface area contributed by atoms with Gasteiger partial charge in [0.25, 0.3) is 0 Å². The van der Waals surface area contributed by atoms with Crippen molar-refractivity contribution in [3.8, 4) is 5.69 Å². The van der Waals surface area contributed by atoms with Gasteiger partial charge in [-0.05, 0) is 40.9 Å². The third-order valence-corrected chi connectivity index (χ3v) is 7.53.